The summed E-state index contributed by atoms with van der Waals surface area (Å²) >= 11 is 0. The molecule has 3 atom stereocenters. The van der Waals surface area contributed by atoms with Gasteiger partial charge in [-0.15, -0.1) is 0 Å². The van der Waals surface area contributed by atoms with Gasteiger partial charge in [-0.3, -0.25) is 4.90 Å². The van der Waals surface area contributed by atoms with Crippen LogP contribution >= 0.6 is 0 Å². The summed E-state index contributed by atoms with van der Waals surface area (Å²) in [5.74, 6) is -0.0604. The fourth-order valence-corrected chi connectivity index (χ4v) is 8.35. The van der Waals surface area contributed by atoms with Crippen molar-refractivity contribution < 1.29 is 13.5 Å². The molecule has 2 aliphatic heterocycles. The van der Waals surface area contributed by atoms with E-state index in [2.05, 4.69) is 61.2 Å². The highest BCUT2D eigenvalue weighted by atomic mass is 32.2. The molecule has 1 aliphatic carbocycles. The van der Waals surface area contributed by atoms with Crippen molar-refractivity contribution in [2.24, 2.45) is 0 Å². The standard InChI is InChI=1S/C28H38N2O3S/c1-20-9-8-12-25(21(20)2)22-13-15-23(16-14-22)27-26-19-29(17-6-7-18-30(26)28(27)31)34(32,33)24-10-4-3-5-11-24/h8-9,12-16,24,26-28,31H,3-7,10-11,17-19H2,1-2H3/t26-,27-,28+/m0/s1. The number of sulfonamides is 1. The van der Waals surface area contributed by atoms with Crippen molar-refractivity contribution in [1.82, 2.24) is 9.21 Å². The van der Waals surface area contributed by atoms with E-state index in [1.807, 2.05) is 0 Å². The molecule has 3 fully saturated rings. The normalized spacial score (nSPS) is 27.4. The molecule has 0 bridgehead atoms. The zero-order chi connectivity index (χ0) is 23.9. The largest absolute Gasteiger partial charge is 0.378 e. The van der Waals surface area contributed by atoms with Gasteiger partial charge in [-0.1, -0.05) is 61.7 Å². The third-order valence-corrected chi connectivity index (χ3v) is 10.9. The third kappa shape index (κ3) is 4.34. The Hall–Kier alpha value is -1.73. The van der Waals surface area contributed by atoms with E-state index in [4.69, 9.17) is 0 Å². The van der Waals surface area contributed by atoms with E-state index >= 15 is 0 Å². The van der Waals surface area contributed by atoms with Gasteiger partial charge in [-0.2, -0.15) is 0 Å². The second-order valence-corrected chi connectivity index (χ2v) is 12.7. The molecule has 1 saturated carbocycles. The Balaban J connectivity index is 1.38. The van der Waals surface area contributed by atoms with Gasteiger partial charge in [-0.05, 0) is 67.3 Å². The first kappa shape index (κ1) is 24.0. The fraction of sp³-hybridized carbons (Fsp3) is 0.571. The average Bonchev–Trinajstić information content (AvgIpc) is 2.83. The van der Waals surface area contributed by atoms with Crippen LogP contribution in [0.1, 0.15) is 67.6 Å². The Morgan fingerprint density at radius 3 is 2.32 bits per heavy atom. The second-order valence-electron chi connectivity index (χ2n) is 10.5. The number of hydrogen-bond donors (Lipinski definition) is 1. The summed E-state index contributed by atoms with van der Waals surface area (Å²) in [6, 6.07) is 14.9. The van der Waals surface area contributed by atoms with Crippen LogP contribution in [0.5, 0.6) is 0 Å². The van der Waals surface area contributed by atoms with Gasteiger partial charge in [0, 0.05) is 31.6 Å². The number of aliphatic hydroxyl groups is 1. The summed E-state index contributed by atoms with van der Waals surface area (Å²) in [5, 5.41) is 10.8. The third-order valence-electron chi connectivity index (χ3n) is 8.51. The van der Waals surface area contributed by atoms with Crippen molar-refractivity contribution in [3.8, 4) is 11.1 Å². The van der Waals surface area contributed by atoms with E-state index in [9.17, 15) is 13.5 Å². The predicted octanol–water partition coefficient (Wildman–Crippen LogP) is 4.81. The van der Waals surface area contributed by atoms with E-state index < -0.39 is 16.3 Å². The zero-order valence-corrected chi connectivity index (χ0v) is 21.3. The maximum Gasteiger partial charge on any atom is 0.217 e. The topological polar surface area (TPSA) is 60.9 Å². The average molecular weight is 483 g/mol. The van der Waals surface area contributed by atoms with E-state index in [0.29, 0.717) is 13.1 Å². The number of nitrogens with zero attached hydrogens (tertiary/aromatic N) is 2. The number of rotatable bonds is 4. The van der Waals surface area contributed by atoms with E-state index in [1.54, 1.807) is 4.31 Å². The molecule has 5 nitrogen and oxygen atoms in total. The van der Waals surface area contributed by atoms with Gasteiger partial charge in [0.15, 0.2) is 0 Å². The summed E-state index contributed by atoms with van der Waals surface area (Å²) < 4.78 is 28.8. The SMILES string of the molecule is Cc1cccc(-c2ccc([C@@H]3[C@@H](O)N4CCCCN(S(=O)(=O)C5CCCCC5)C[C@@H]34)cc2)c1C. The highest BCUT2D eigenvalue weighted by Crippen LogP contribution is 2.42. The highest BCUT2D eigenvalue weighted by Gasteiger charge is 2.50. The molecule has 2 saturated heterocycles. The van der Waals surface area contributed by atoms with Crippen molar-refractivity contribution in [3.63, 3.8) is 0 Å². The van der Waals surface area contributed by atoms with Crippen LogP contribution in [0.3, 0.4) is 0 Å². The molecule has 2 heterocycles. The Bertz CT molecular complexity index is 1110. The first-order chi connectivity index (χ1) is 16.4. The Kier molecular flexibility index (Phi) is 6.86. The lowest BCUT2D eigenvalue weighted by molar-refractivity contribution is -0.148. The highest BCUT2D eigenvalue weighted by molar-refractivity contribution is 7.89. The quantitative estimate of drug-likeness (QED) is 0.679. The van der Waals surface area contributed by atoms with Crippen molar-refractivity contribution >= 4 is 10.0 Å². The molecular weight excluding hydrogens is 444 g/mol. The summed E-state index contributed by atoms with van der Waals surface area (Å²) in [6.07, 6.45) is 5.99. The summed E-state index contributed by atoms with van der Waals surface area (Å²) in [4.78, 5) is 2.12. The summed E-state index contributed by atoms with van der Waals surface area (Å²) in [6.45, 7) is 6.22. The molecule has 3 aliphatic rings. The van der Waals surface area contributed by atoms with Gasteiger partial charge in [-0.25, -0.2) is 12.7 Å². The minimum Gasteiger partial charge on any atom is -0.378 e. The molecule has 0 unspecified atom stereocenters. The molecule has 6 heteroatoms. The fourth-order valence-electron chi connectivity index (χ4n) is 6.25. The van der Waals surface area contributed by atoms with Gasteiger partial charge in [0.1, 0.15) is 6.23 Å². The molecule has 184 valence electrons. The van der Waals surface area contributed by atoms with E-state index in [-0.39, 0.29) is 17.2 Å². The first-order valence-corrected chi connectivity index (χ1v) is 14.5. The van der Waals surface area contributed by atoms with Crippen LogP contribution in [-0.2, 0) is 10.0 Å². The second kappa shape index (κ2) is 9.73. The minimum absolute atomic E-state index is 0.0280. The van der Waals surface area contributed by atoms with Gasteiger partial charge in [0.05, 0.1) is 5.25 Å². The molecule has 0 amide bonds. The molecule has 2 aromatic rings. The maximum atomic E-state index is 13.5. The van der Waals surface area contributed by atoms with Crippen LogP contribution < -0.4 is 0 Å². The molecule has 34 heavy (non-hydrogen) atoms. The smallest absolute Gasteiger partial charge is 0.217 e. The van der Waals surface area contributed by atoms with Gasteiger partial charge < -0.3 is 5.11 Å². The first-order valence-electron chi connectivity index (χ1n) is 13.0. The van der Waals surface area contributed by atoms with Crippen molar-refractivity contribution in [3.05, 3.63) is 59.2 Å². The molecule has 0 spiro atoms. The number of benzene rings is 2. The van der Waals surface area contributed by atoms with Crippen LogP contribution in [0.15, 0.2) is 42.5 Å². The molecule has 5 rings (SSSR count). The molecule has 1 N–H and O–H groups in total. The van der Waals surface area contributed by atoms with Crippen LogP contribution in [0.4, 0.5) is 0 Å². The monoisotopic (exact) mass is 482 g/mol. The van der Waals surface area contributed by atoms with Crippen LogP contribution in [-0.4, -0.2) is 59.9 Å². The van der Waals surface area contributed by atoms with E-state index in [1.165, 1.54) is 22.3 Å². The molecule has 0 aromatic heterocycles. The maximum absolute atomic E-state index is 13.5. The summed E-state index contributed by atoms with van der Waals surface area (Å²) in [5.41, 5.74) is 6.07. The lowest BCUT2D eigenvalue weighted by Gasteiger charge is -2.55. The van der Waals surface area contributed by atoms with Gasteiger partial charge >= 0.3 is 0 Å². The number of aliphatic hydroxyl groups excluding tert-OH is 1. The molecule has 2 aromatic carbocycles. The lowest BCUT2D eigenvalue weighted by atomic mass is 9.79. The Morgan fingerprint density at radius 2 is 1.59 bits per heavy atom. The number of fused-ring (bicyclic) bond motifs is 1. The summed E-state index contributed by atoms with van der Waals surface area (Å²) in [7, 11) is -3.30. The lowest BCUT2D eigenvalue weighted by Crippen LogP contribution is -2.67. The minimum atomic E-state index is -3.30. The Morgan fingerprint density at radius 1 is 0.882 bits per heavy atom. The molecular formula is C28H38N2O3S. The predicted molar refractivity (Wildman–Crippen MR) is 137 cm³/mol. The van der Waals surface area contributed by atoms with Gasteiger partial charge in [0.2, 0.25) is 10.0 Å². The Labute approximate surface area is 204 Å². The van der Waals surface area contributed by atoms with Crippen molar-refractivity contribution in [2.45, 2.75) is 82.2 Å². The van der Waals surface area contributed by atoms with Crippen molar-refractivity contribution in [2.75, 3.05) is 19.6 Å². The van der Waals surface area contributed by atoms with Crippen LogP contribution in [0.25, 0.3) is 11.1 Å². The number of aryl methyl sites for hydroxylation is 1. The van der Waals surface area contributed by atoms with Crippen LogP contribution in [0.2, 0.25) is 0 Å². The van der Waals surface area contributed by atoms with E-state index in [0.717, 1.165) is 57.1 Å². The number of hydrogen-bond acceptors (Lipinski definition) is 4. The zero-order valence-electron chi connectivity index (χ0n) is 20.5. The molecule has 0 radical (unpaired) electrons. The van der Waals surface area contributed by atoms with Crippen molar-refractivity contribution in [1.29, 1.82) is 0 Å². The van der Waals surface area contributed by atoms with Gasteiger partial charge in [0.25, 0.3) is 0 Å². The van der Waals surface area contributed by atoms with Crippen LogP contribution in [0, 0.1) is 13.8 Å².